The minimum atomic E-state index is -0.470. The van der Waals surface area contributed by atoms with Gasteiger partial charge in [0.05, 0.1) is 27.8 Å². The summed E-state index contributed by atoms with van der Waals surface area (Å²) in [7, 11) is 0. The highest BCUT2D eigenvalue weighted by Crippen LogP contribution is 2.32. The largest absolute Gasteiger partial charge is 0.463 e. The van der Waals surface area contributed by atoms with Crippen LogP contribution in [0.5, 0.6) is 0 Å². The van der Waals surface area contributed by atoms with E-state index in [1.54, 1.807) is 30.5 Å². The number of aryl methyl sites for hydroxylation is 2. The molecule has 3 heterocycles. The molecule has 7 heteroatoms. The first-order chi connectivity index (χ1) is 15.5. The van der Waals surface area contributed by atoms with E-state index in [1.165, 1.54) is 22.5 Å². The third-order valence-corrected chi connectivity index (χ3v) is 6.47. The van der Waals surface area contributed by atoms with Gasteiger partial charge in [-0.2, -0.15) is 0 Å². The van der Waals surface area contributed by atoms with Crippen LogP contribution in [-0.4, -0.2) is 15.9 Å². The Hall–Kier alpha value is -3.84. The zero-order valence-electron chi connectivity index (χ0n) is 17.5. The van der Waals surface area contributed by atoms with E-state index in [1.807, 2.05) is 38.1 Å². The number of carbonyl (C=O) groups excluding carboxylic acids is 1. The number of para-hydroxylation sites is 1. The molecular weight excluding hydrogens is 422 g/mol. The lowest BCUT2D eigenvalue weighted by Gasteiger charge is -2.19. The lowest BCUT2D eigenvalue weighted by atomic mass is 10.1. The van der Waals surface area contributed by atoms with Gasteiger partial charge in [0.25, 0.3) is 5.91 Å². The van der Waals surface area contributed by atoms with Gasteiger partial charge in [-0.25, -0.2) is 4.98 Å². The first kappa shape index (κ1) is 20.1. The van der Waals surface area contributed by atoms with Crippen molar-refractivity contribution in [3.63, 3.8) is 0 Å². The van der Waals surface area contributed by atoms with Crippen LogP contribution in [0.4, 0.5) is 5.13 Å². The monoisotopic (exact) mass is 441 g/mol. The molecule has 32 heavy (non-hydrogen) atoms. The number of pyridine rings is 1. The van der Waals surface area contributed by atoms with Crippen molar-refractivity contribution in [2.45, 2.75) is 20.4 Å². The second-order valence-corrected chi connectivity index (χ2v) is 8.60. The summed E-state index contributed by atoms with van der Waals surface area (Å²) in [5.74, 6) is -0.470. The summed E-state index contributed by atoms with van der Waals surface area (Å²) >= 11 is 1.41. The van der Waals surface area contributed by atoms with Gasteiger partial charge >= 0.3 is 0 Å². The highest BCUT2D eigenvalue weighted by atomic mass is 32.1. The molecule has 0 atom stereocenters. The maximum Gasteiger partial charge on any atom is 0.267 e. The molecule has 0 saturated carbocycles. The summed E-state index contributed by atoms with van der Waals surface area (Å²) in [6.45, 7) is 4.26. The van der Waals surface area contributed by atoms with Crippen LogP contribution < -0.4 is 10.3 Å². The maximum atomic E-state index is 13.6. The molecular formula is C25H19N3O3S. The normalized spacial score (nSPS) is 11.2. The van der Waals surface area contributed by atoms with Gasteiger partial charge in [-0.05, 0) is 61.4 Å². The summed E-state index contributed by atoms with van der Waals surface area (Å²) in [6, 6.07) is 16.5. The highest BCUT2D eigenvalue weighted by molar-refractivity contribution is 7.22. The number of anilines is 1. The average Bonchev–Trinajstić information content (AvgIpc) is 3.20. The molecule has 0 bridgehead atoms. The van der Waals surface area contributed by atoms with E-state index in [4.69, 9.17) is 9.40 Å². The van der Waals surface area contributed by atoms with E-state index in [2.05, 4.69) is 11.1 Å². The standard InChI is InChI=1S/C25H19N3O3S/c1-15-11-20-22(12-16(15)2)32-25(27-20)28(13-17-7-5-6-10-26-17)24(30)19-14-31-21-9-4-3-8-18(21)23(19)29/h3-12,14H,13H2,1-2H3. The van der Waals surface area contributed by atoms with E-state index in [0.717, 1.165) is 21.3 Å². The van der Waals surface area contributed by atoms with Crippen LogP contribution in [0.1, 0.15) is 27.2 Å². The fourth-order valence-electron chi connectivity index (χ4n) is 3.53. The van der Waals surface area contributed by atoms with Gasteiger partial charge in [0.1, 0.15) is 17.4 Å². The first-order valence-corrected chi connectivity index (χ1v) is 10.9. The van der Waals surface area contributed by atoms with Crippen molar-refractivity contribution in [3.05, 3.63) is 99.7 Å². The lowest BCUT2D eigenvalue weighted by Crippen LogP contribution is -2.34. The number of hydrogen-bond donors (Lipinski definition) is 0. The van der Waals surface area contributed by atoms with Crippen LogP contribution >= 0.6 is 11.3 Å². The molecule has 0 N–H and O–H groups in total. The van der Waals surface area contributed by atoms with E-state index in [9.17, 15) is 9.59 Å². The van der Waals surface area contributed by atoms with Crippen molar-refractivity contribution in [2.75, 3.05) is 4.90 Å². The van der Waals surface area contributed by atoms with Crippen LogP contribution in [0.2, 0.25) is 0 Å². The molecule has 5 rings (SSSR count). The number of rotatable bonds is 4. The van der Waals surface area contributed by atoms with Gasteiger partial charge in [-0.15, -0.1) is 0 Å². The first-order valence-electron chi connectivity index (χ1n) is 10.1. The van der Waals surface area contributed by atoms with E-state index in [0.29, 0.717) is 21.8 Å². The van der Waals surface area contributed by atoms with Gasteiger partial charge in [-0.3, -0.25) is 19.5 Å². The molecule has 0 aliphatic heterocycles. The van der Waals surface area contributed by atoms with Crippen LogP contribution in [-0.2, 0) is 6.54 Å². The number of benzene rings is 2. The average molecular weight is 442 g/mol. The fraction of sp³-hybridized carbons (Fsp3) is 0.120. The predicted octanol–water partition coefficient (Wildman–Crippen LogP) is 5.26. The Kier molecular flexibility index (Phi) is 5.03. The molecule has 2 aromatic carbocycles. The van der Waals surface area contributed by atoms with E-state index < -0.39 is 5.91 Å². The van der Waals surface area contributed by atoms with Crippen molar-refractivity contribution < 1.29 is 9.21 Å². The summed E-state index contributed by atoms with van der Waals surface area (Å²) in [5, 5.41) is 0.875. The second-order valence-electron chi connectivity index (χ2n) is 7.59. The number of hydrogen-bond acceptors (Lipinski definition) is 6. The van der Waals surface area contributed by atoms with Gasteiger partial charge in [0.2, 0.25) is 5.43 Å². The Morgan fingerprint density at radius 3 is 2.66 bits per heavy atom. The topological polar surface area (TPSA) is 76.3 Å². The number of carbonyl (C=O) groups is 1. The molecule has 0 fully saturated rings. The van der Waals surface area contributed by atoms with Crippen LogP contribution in [0, 0.1) is 13.8 Å². The van der Waals surface area contributed by atoms with Gasteiger partial charge in [0.15, 0.2) is 5.13 Å². The lowest BCUT2D eigenvalue weighted by molar-refractivity contribution is 0.0982. The molecule has 6 nitrogen and oxygen atoms in total. The van der Waals surface area contributed by atoms with Crippen LogP contribution in [0.15, 0.2) is 76.3 Å². The molecule has 0 radical (unpaired) electrons. The highest BCUT2D eigenvalue weighted by Gasteiger charge is 2.25. The predicted molar refractivity (Wildman–Crippen MR) is 126 cm³/mol. The zero-order chi connectivity index (χ0) is 22.2. The Balaban J connectivity index is 1.64. The molecule has 3 aromatic heterocycles. The van der Waals surface area contributed by atoms with Crippen molar-refractivity contribution in [2.24, 2.45) is 0 Å². The molecule has 0 aliphatic rings. The summed E-state index contributed by atoms with van der Waals surface area (Å²) in [4.78, 5) is 37.3. The summed E-state index contributed by atoms with van der Waals surface area (Å²) in [5.41, 5.74) is 3.84. The molecule has 0 aliphatic carbocycles. The Labute approximate surface area is 187 Å². The fourth-order valence-corrected chi connectivity index (χ4v) is 4.58. The van der Waals surface area contributed by atoms with Crippen molar-refractivity contribution in [1.29, 1.82) is 0 Å². The molecule has 0 spiro atoms. The van der Waals surface area contributed by atoms with Crippen LogP contribution in [0.25, 0.3) is 21.2 Å². The second kappa shape index (κ2) is 8.01. The summed E-state index contributed by atoms with van der Waals surface area (Å²) in [6.07, 6.45) is 2.91. The summed E-state index contributed by atoms with van der Waals surface area (Å²) < 4.78 is 6.57. The van der Waals surface area contributed by atoms with Crippen molar-refractivity contribution in [3.8, 4) is 0 Å². The molecule has 0 saturated heterocycles. The molecule has 0 unspecified atom stereocenters. The zero-order valence-corrected chi connectivity index (χ0v) is 18.3. The molecule has 1 amide bonds. The van der Waals surface area contributed by atoms with Crippen molar-refractivity contribution in [1.82, 2.24) is 9.97 Å². The number of amides is 1. The maximum absolute atomic E-state index is 13.6. The Bertz CT molecular complexity index is 1480. The Morgan fingerprint density at radius 2 is 1.84 bits per heavy atom. The number of thiazole rings is 1. The minimum Gasteiger partial charge on any atom is -0.463 e. The third kappa shape index (κ3) is 3.56. The Morgan fingerprint density at radius 1 is 1.06 bits per heavy atom. The van der Waals surface area contributed by atoms with Gasteiger partial charge in [-0.1, -0.05) is 29.5 Å². The number of nitrogens with zero attached hydrogens (tertiary/aromatic N) is 3. The van der Waals surface area contributed by atoms with Gasteiger partial charge < -0.3 is 4.42 Å². The number of fused-ring (bicyclic) bond motifs is 2. The smallest absolute Gasteiger partial charge is 0.267 e. The number of aromatic nitrogens is 2. The van der Waals surface area contributed by atoms with Gasteiger partial charge in [0, 0.05) is 6.20 Å². The van der Waals surface area contributed by atoms with Crippen LogP contribution in [0.3, 0.4) is 0 Å². The molecule has 5 aromatic rings. The third-order valence-electron chi connectivity index (χ3n) is 5.43. The minimum absolute atomic E-state index is 0.0359. The quantitative estimate of drug-likeness (QED) is 0.380. The molecule has 158 valence electrons. The van der Waals surface area contributed by atoms with E-state index >= 15 is 0 Å². The SMILES string of the molecule is Cc1cc2nc(N(Cc3ccccn3)C(=O)c3coc4ccccc4c3=O)sc2cc1C. The van der Waals surface area contributed by atoms with Crippen molar-refractivity contribution >= 4 is 43.6 Å². The van der Waals surface area contributed by atoms with E-state index in [-0.39, 0.29) is 17.5 Å².